The molecule has 0 radical (unpaired) electrons. The van der Waals surface area contributed by atoms with Crippen LogP contribution in [-0.4, -0.2) is 23.1 Å². The van der Waals surface area contributed by atoms with E-state index in [1.165, 1.54) is 32.1 Å². The molecule has 1 saturated carbocycles. The number of rotatable bonds is 3. The van der Waals surface area contributed by atoms with E-state index >= 15 is 0 Å². The highest BCUT2D eigenvalue weighted by atomic mass is 16.6. The standard InChI is InChI=1S/C21H27NO2/c23-21(24-15-16-7-2-1-3-8-16)22-19-11-6-12-20(22)14-18(13-19)17-9-4-5-10-17/h1-3,7-8,13,17,19-20H,4-6,9-12,14-15H2. The summed E-state index contributed by atoms with van der Waals surface area (Å²) in [4.78, 5) is 14.7. The fourth-order valence-electron chi connectivity index (χ4n) is 4.74. The van der Waals surface area contributed by atoms with Gasteiger partial charge in [-0.1, -0.05) is 54.8 Å². The van der Waals surface area contributed by atoms with E-state index in [0.29, 0.717) is 12.6 Å². The van der Waals surface area contributed by atoms with Crippen LogP contribution in [-0.2, 0) is 11.3 Å². The van der Waals surface area contributed by atoms with Gasteiger partial charge in [-0.3, -0.25) is 4.90 Å². The van der Waals surface area contributed by atoms with E-state index in [4.69, 9.17) is 4.74 Å². The van der Waals surface area contributed by atoms with E-state index in [2.05, 4.69) is 6.08 Å². The molecule has 2 heterocycles. The fourth-order valence-corrected chi connectivity index (χ4v) is 4.74. The topological polar surface area (TPSA) is 29.5 Å². The second-order valence-corrected chi connectivity index (χ2v) is 7.53. The van der Waals surface area contributed by atoms with Crippen molar-refractivity contribution in [1.29, 1.82) is 0 Å². The summed E-state index contributed by atoms with van der Waals surface area (Å²) in [6, 6.07) is 10.6. The van der Waals surface area contributed by atoms with Crippen molar-refractivity contribution in [1.82, 2.24) is 4.90 Å². The van der Waals surface area contributed by atoms with E-state index in [1.807, 2.05) is 35.2 Å². The number of ether oxygens (including phenoxy) is 1. The molecule has 1 amide bonds. The lowest BCUT2D eigenvalue weighted by molar-refractivity contribution is 0.0470. The summed E-state index contributed by atoms with van der Waals surface area (Å²) in [7, 11) is 0. The predicted molar refractivity (Wildman–Crippen MR) is 94.6 cm³/mol. The zero-order valence-electron chi connectivity index (χ0n) is 14.3. The molecule has 1 aliphatic carbocycles. The first kappa shape index (κ1) is 15.7. The van der Waals surface area contributed by atoms with Crippen LogP contribution in [0.5, 0.6) is 0 Å². The molecule has 128 valence electrons. The molecular weight excluding hydrogens is 298 g/mol. The Kier molecular flexibility index (Phi) is 4.59. The van der Waals surface area contributed by atoms with Crippen molar-refractivity contribution in [2.75, 3.05) is 0 Å². The van der Waals surface area contributed by atoms with Crippen LogP contribution in [0.3, 0.4) is 0 Å². The number of piperidine rings is 1. The minimum atomic E-state index is -0.129. The molecular formula is C21H27NO2. The number of fused-ring (bicyclic) bond motifs is 2. The summed E-state index contributed by atoms with van der Waals surface area (Å²) >= 11 is 0. The largest absolute Gasteiger partial charge is 0.445 e. The second-order valence-electron chi connectivity index (χ2n) is 7.53. The third-order valence-electron chi connectivity index (χ3n) is 5.96. The van der Waals surface area contributed by atoms with Crippen molar-refractivity contribution in [3.8, 4) is 0 Å². The van der Waals surface area contributed by atoms with Gasteiger partial charge in [0.05, 0.1) is 6.04 Å². The van der Waals surface area contributed by atoms with Crippen LogP contribution in [0.25, 0.3) is 0 Å². The maximum Gasteiger partial charge on any atom is 0.410 e. The fraction of sp³-hybridized carbons (Fsp3) is 0.571. The van der Waals surface area contributed by atoms with Crippen LogP contribution in [0, 0.1) is 5.92 Å². The first-order chi connectivity index (χ1) is 11.8. The molecule has 1 aromatic carbocycles. The van der Waals surface area contributed by atoms with E-state index in [1.54, 1.807) is 5.57 Å². The van der Waals surface area contributed by atoms with Gasteiger partial charge in [0.25, 0.3) is 0 Å². The lowest BCUT2D eigenvalue weighted by atomic mass is 9.80. The van der Waals surface area contributed by atoms with Gasteiger partial charge in [-0.05, 0) is 50.0 Å². The van der Waals surface area contributed by atoms with Gasteiger partial charge in [0.1, 0.15) is 6.61 Å². The van der Waals surface area contributed by atoms with Gasteiger partial charge in [0, 0.05) is 6.04 Å². The van der Waals surface area contributed by atoms with Crippen molar-refractivity contribution in [2.24, 2.45) is 5.92 Å². The highest BCUT2D eigenvalue weighted by molar-refractivity contribution is 5.69. The minimum absolute atomic E-state index is 0.129. The summed E-state index contributed by atoms with van der Waals surface area (Å²) in [6.45, 7) is 0.370. The third-order valence-corrected chi connectivity index (χ3v) is 5.96. The van der Waals surface area contributed by atoms with Crippen LogP contribution in [0.2, 0.25) is 0 Å². The van der Waals surface area contributed by atoms with E-state index in [0.717, 1.165) is 30.7 Å². The first-order valence-electron chi connectivity index (χ1n) is 9.51. The van der Waals surface area contributed by atoms with Crippen LogP contribution in [0.15, 0.2) is 42.0 Å². The lowest BCUT2D eigenvalue weighted by Crippen LogP contribution is -2.52. The van der Waals surface area contributed by atoms with Crippen molar-refractivity contribution in [3.05, 3.63) is 47.5 Å². The van der Waals surface area contributed by atoms with Crippen LogP contribution < -0.4 is 0 Å². The summed E-state index contributed by atoms with van der Waals surface area (Å²) in [6.07, 6.45) is 12.3. The maximum absolute atomic E-state index is 12.7. The Bertz CT molecular complexity index is 604. The summed E-state index contributed by atoms with van der Waals surface area (Å²) in [5.41, 5.74) is 2.68. The smallest absolute Gasteiger partial charge is 0.410 e. The number of carbonyl (C=O) groups is 1. The molecule has 0 aromatic heterocycles. The van der Waals surface area contributed by atoms with E-state index in [-0.39, 0.29) is 12.1 Å². The number of carbonyl (C=O) groups excluding carboxylic acids is 1. The molecule has 2 aliphatic heterocycles. The monoisotopic (exact) mass is 325 g/mol. The number of hydrogen-bond acceptors (Lipinski definition) is 2. The van der Waals surface area contributed by atoms with Gasteiger partial charge in [-0.15, -0.1) is 0 Å². The molecule has 3 nitrogen and oxygen atoms in total. The Hall–Kier alpha value is -1.77. The van der Waals surface area contributed by atoms with Crippen molar-refractivity contribution < 1.29 is 9.53 Å². The molecule has 2 fully saturated rings. The van der Waals surface area contributed by atoms with Crippen molar-refractivity contribution in [3.63, 3.8) is 0 Å². The van der Waals surface area contributed by atoms with Gasteiger partial charge in [0.15, 0.2) is 0 Å². The quantitative estimate of drug-likeness (QED) is 0.726. The highest BCUT2D eigenvalue weighted by Gasteiger charge is 2.39. The highest BCUT2D eigenvalue weighted by Crippen LogP contribution is 2.41. The molecule has 2 unspecified atom stereocenters. The van der Waals surface area contributed by atoms with Gasteiger partial charge in [-0.25, -0.2) is 4.79 Å². The summed E-state index contributed by atoms with van der Waals surface area (Å²) in [5.74, 6) is 0.788. The van der Waals surface area contributed by atoms with Crippen molar-refractivity contribution in [2.45, 2.75) is 70.1 Å². The number of nitrogens with zero attached hydrogens (tertiary/aromatic N) is 1. The van der Waals surface area contributed by atoms with Gasteiger partial charge < -0.3 is 4.74 Å². The van der Waals surface area contributed by atoms with E-state index < -0.39 is 0 Å². The normalized spacial score (nSPS) is 27.0. The molecule has 24 heavy (non-hydrogen) atoms. The SMILES string of the molecule is O=C(OCc1ccccc1)N1C2C=C(C3CCCC3)CC1CCC2. The molecule has 0 spiro atoms. The Balaban J connectivity index is 1.44. The zero-order valence-corrected chi connectivity index (χ0v) is 14.3. The van der Waals surface area contributed by atoms with Gasteiger partial charge in [0.2, 0.25) is 0 Å². The Morgan fingerprint density at radius 2 is 1.83 bits per heavy atom. The Morgan fingerprint density at radius 3 is 2.58 bits per heavy atom. The Morgan fingerprint density at radius 1 is 1.04 bits per heavy atom. The molecule has 2 atom stereocenters. The summed E-state index contributed by atoms with van der Waals surface area (Å²) < 4.78 is 5.62. The molecule has 4 rings (SSSR count). The van der Waals surface area contributed by atoms with Crippen LogP contribution in [0.4, 0.5) is 4.79 Å². The Labute approximate surface area is 144 Å². The number of benzene rings is 1. The van der Waals surface area contributed by atoms with Gasteiger partial charge >= 0.3 is 6.09 Å². The molecule has 1 saturated heterocycles. The average Bonchev–Trinajstić information content (AvgIpc) is 3.14. The molecule has 3 heteroatoms. The lowest BCUT2D eigenvalue weighted by Gasteiger charge is -2.45. The molecule has 1 aromatic rings. The first-order valence-corrected chi connectivity index (χ1v) is 9.51. The van der Waals surface area contributed by atoms with Crippen molar-refractivity contribution >= 4 is 6.09 Å². The van der Waals surface area contributed by atoms with Crippen LogP contribution in [0.1, 0.15) is 56.9 Å². The second kappa shape index (κ2) is 7.00. The zero-order chi connectivity index (χ0) is 16.4. The number of amides is 1. The van der Waals surface area contributed by atoms with E-state index in [9.17, 15) is 4.79 Å². The molecule has 0 N–H and O–H groups in total. The number of hydrogen-bond donors (Lipinski definition) is 0. The molecule has 2 bridgehead atoms. The molecule has 3 aliphatic rings. The van der Waals surface area contributed by atoms with Gasteiger partial charge in [-0.2, -0.15) is 0 Å². The van der Waals surface area contributed by atoms with Crippen LogP contribution >= 0.6 is 0 Å². The third kappa shape index (κ3) is 3.22. The maximum atomic E-state index is 12.7. The predicted octanol–water partition coefficient (Wildman–Crippen LogP) is 5.07. The average molecular weight is 325 g/mol. The summed E-state index contributed by atoms with van der Waals surface area (Å²) in [5, 5.41) is 0. The minimum Gasteiger partial charge on any atom is -0.445 e.